The highest BCUT2D eigenvalue weighted by Gasteiger charge is 2.31. The molecule has 0 atom stereocenters. The monoisotopic (exact) mass is 511 g/mol. The fourth-order valence-corrected chi connectivity index (χ4v) is 2.94. The van der Waals surface area contributed by atoms with Gasteiger partial charge in [0.15, 0.2) is 11.5 Å². The Kier molecular flexibility index (Phi) is 9.29. The number of rotatable bonds is 6. The van der Waals surface area contributed by atoms with Gasteiger partial charge in [-0.3, -0.25) is 14.6 Å². The van der Waals surface area contributed by atoms with Gasteiger partial charge in [-0.05, 0) is 55.8 Å². The van der Waals surface area contributed by atoms with Crippen LogP contribution in [0.25, 0.3) is 0 Å². The summed E-state index contributed by atoms with van der Waals surface area (Å²) in [5, 5.41) is 3.09. The SMILES string of the molecule is COc1cc(OC(F)(F)F)ccc1Oc1ccc(Cl)cc1C(=O)Nc1cc(C)ncc1C.NC=O. The third-order valence-electron chi connectivity index (χ3n) is 4.26. The maximum atomic E-state index is 13.0. The highest BCUT2D eigenvalue weighted by atomic mass is 35.5. The second kappa shape index (κ2) is 11.9. The summed E-state index contributed by atoms with van der Waals surface area (Å²) in [6.07, 6.45) is -2.96. The lowest BCUT2D eigenvalue weighted by molar-refractivity contribution is -0.274. The zero-order valence-electron chi connectivity index (χ0n) is 18.8. The van der Waals surface area contributed by atoms with Gasteiger partial charge in [-0.25, -0.2) is 0 Å². The fraction of sp³-hybridized carbons (Fsp3) is 0.174. The van der Waals surface area contributed by atoms with E-state index < -0.39 is 18.0 Å². The molecule has 186 valence electrons. The summed E-state index contributed by atoms with van der Waals surface area (Å²) in [7, 11) is 1.27. The third kappa shape index (κ3) is 8.07. The van der Waals surface area contributed by atoms with E-state index in [4.69, 9.17) is 25.9 Å². The molecule has 2 amide bonds. The number of nitrogens with two attached hydrogens (primary N) is 1. The molecular formula is C23H21ClF3N3O5. The number of aryl methyl sites for hydroxylation is 2. The van der Waals surface area contributed by atoms with Gasteiger partial charge in [-0.2, -0.15) is 0 Å². The first kappa shape index (κ1) is 27.3. The first-order valence-electron chi connectivity index (χ1n) is 9.78. The molecule has 0 saturated carbocycles. The predicted octanol–water partition coefficient (Wildman–Crippen LogP) is 5.41. The number of ether oxygens (including phenoxy) is 3. The minimum absolute atomic E-state index is 0.0198. The van der Waals surface area contributed by atoms with E-state index in [-0.39, 0.29) is 29.2 Å². The number of benzene rings is 2. The van der Waals surface area contributed by atoms with Crippen LogP contribution >= 0.6 is 11.6 Å². The van der Waals surface area contributed by atoms with Gasteiger partial charge in [0.2, 0.25) is 6.41 Å². The quantitative estimate of drug-likeness (QED) is 0.428. The summed E-state index contributed by atoms with van der Waals surface area (Å²) in [4.78, 5) is 25.7. The molecule has 1 aromatic heterocycles. The Morgan fingerprint density at radius 3 is 2.37 bits per heavy atom. The average Bonchev–Trinajstić information content (AvgIpc) is 2.77. The van der Waals surface area contributed by atoms with Crippen molar-refractivity contribution in [3.8, 4) is 23.0 Å². The summed E-state index contributed by atoms with van der Waals surface area (Å²) < 4.78 is 52.2. The van der Waals surface area contributed by atoms with Crippen molar-refractivity contribution in [2.24, 2.45) is 5.73 Å². The van der Waals surface area contributed by atoms with E-state index >= 15 is 0 Å². The molecule has 8 nitrogen and oxygen atoms in total. The Morgan fingerprint density at radius 2 is 1.74 bits per heavy atom. The number of carbonyl (C=O) groups excluding carboxylic acids is 2. The van der Waals surface area contributed by atoms with Crippen LogP contribution in [0.3, 0.4) is 0 Å². The Morgan fingerprint density at radius 1 is 1.09 bits per heavy atom. The molecule has 0 spiro atoms. The Balaban J connectivity index is 0.00000137. The van der Waals surface area contributed by atoms with Crippen molar-refractivity contribution in [1.29, 1.82) is 0 Å². The normalized spacial score (nSPS) is 10.5. The molecule has 0 bridgehead atoms. The Labute approximate surface area is 203 Å². The zero-order valence-corrected chi connectivity index (χ0v) is 19.5. The number of methoxy groups -OCH3 is 1. The fourth-order valence-electron chi connectivity index (χ4n) is 2.77. The van der Waals surface area contributed by atoms with Gasteiger partial charge in [0.1, 0.15) is 11.5 Å². The molecule has 3 N–H and O–H groups in total. The van der Waals surface area contributed by atoms with Crippen LogP contribution in [-0.4, -0.2) is 30.8 Å². The lowest BCUT2D eigenvalue weighted by atomic mass is 10.1. The van der Waals surface area contributed by atoms with Crippen molar-refractivity contribution in [3.63, 3.8) is 0 Å². The molecule has 0 fully saturated rings. The molecule has 0 radical (unpaired) electrons. The largest absolute Gasteiger partial charge is 0.573 e. The number of nitrogens with one attached hydrogen (secondary N) is 1. The van der Waals surface area contributed by atoms with Crippen molar-refractivity contribution in [3.05, 3.63) is 70.5 Å². The number of pyridine rings is 1. The van der Waals surface area contributed by atoms with Crippen LogP contribution in [0.1, 0.15) is 21.6 Å². The van der Waals surface area contributed by atoms with E-state index in [9.17, 15) is 18.0 Å². The van der Waals surface area contributed by atoms with Gasteiger partial charge < -0.3 is 25.3 Å². The van der Waals surface area contributed by atoms with Gasteiger partial charge in [-0.15, -0.1) is 13.2 Å². The second-order valence-corrected chi connectivity index (χ2v) is 7.27. The number of anilines is 1. The molecule has 2 aromatic carbocycles. The van der Waals surface area contributed by atoms with Crippen molar-refractivity contribution < 1.29 is 37.0 Å². The van der Waals surface area contributed by atoms with E-state index in [0.29, 0.717) is 10.7 Å². The standard InChI is InChI=1S/C22H18ClF3N2O4.CH3NO/c1-12-11-27-13(2)8-17(12)28-21(29)16-9-14(23)4-6-18(16)31-19-7-5-15(10-20(19)30-3)32-22(24,25)26;2-1-3/h4-11H,1-3H3,(H,27,28,29);1H,(H2,2,3). The Hall–Kier alpha value is -3.99. The van der Waals surface area contributed by atoms with Crippen molar-refractivity contribution in [2.75, 3.05) is 12.4 Å². The maximum absolute atomic E-state index is 13.0. The first-order chi connectivity index (χ1) is 16.5. The van der Waals surface area contributed by atoms with E-state index in [1.165, 1.54) is 31.4 Å². The van der Waals surface area contributed by atoms with Crippen molar-refractivity contribution >= 4 is 29.6 Å². The van der Waals surface area contributed by atoms with Crippen LogP contribution in [0.4, 0.5) is 18.9 Å². The van der Waals surface area contributed by atoms with Gasteiger partial charge in [0, 0.05) is 28.7 Å². The predicted molar refractivity (Wildman–Crippen MR) is 123 cm³/mol. The Bertz CT molecular complexity index is 1210. The van der Waals surface area contributed by atoms with Gasteiger partial charge in [0.25, 0.3) is 5.91 Å². The molecule has 3 rings (SSSR count). The molecule has 0 aliphatic heterocycles. The molecule has 3 aromatic rings. The number of amides is 2. The number of hydrogen-bond acceptors (Lipinski definition) is 6. The molecule has 0 unspecified atom stereocenters. The average molecular weight is 512 g/mol. The van der Waals surface area contributed by atoms with Crippen LogP contribution in [-0.2, 0) is 4.79 Å². The van der Waals surface area contributed by atoms with E-state index in [1.54, 1.807) is 26.1 Å². The number of hydrogen-bond donors (Lipinski definition) is 2. The number of carbonyl (C=O) groups is 2. The maximum Gasteiger partial charge on any atom is 0.573 e. The van der Waals surface area contributed by atoms with Gasteiger partial charge >= 0.3 is 6.36 Å². The highest BCUT2D eigenvalue weighted by Crippen LogP contribution is 2.38. The van der Waals surface area contributed by atoms with Crippen LogP contribution in [0, 0.1) is 13.8 Å². The van der Waals surface area contributed by atoms with E-state index in [1.807, 2.05) is 0 Å². The second-order valence-electron chi connectivity index (χ2n) is 6.83. The summed E-state index contributed by atoms with van der Waals surface area (Å²) in [5.41, 5.74) is 6.33. The highest BCUT2D eigenvalue weighted by molar-refractivity contribution is 6.31. The van der Waals surface area contributed by atoms with E-state index in [2.05, 4.69) is 20.8 Å². The molecule has 1 heterocycles. The molecule has 0 aliphatic carbocycles. The first-order valence-corrected chi connectivity index (χ1v) is 10.2. The number of alkyl halides is 3. The van der Waals surface area contributed by atoms with Crippen molar-refractivity contribution in [2.45, 2.75) is 20.2 Å². The van der Waals surface area contributed by atoms with Crippen molar-refractivity contribution in [1.82, 2.24) is 4.98 Å². The van der Waals surface area contributed by atoms with Crippen LogP contribution in [0.2, 0.25) is 5.02 Å². The summed E-state index contributed by atoms with van der Waals surface area (Å²) in [5.74, 6) is -0.785. The lowest BCUT2D eigenvalue weighted by Crippen LogP contribution is -2.17. The zero-order chi connectivity index (χ0) is 26.2. The molecule has 0 aliphatic rings. The molecule has 35 heavy (non-hydrogen) atoms. The van der Waals surface area contributed by atoms with Crippen LogP contribution < -0.4 is 25.3 Å². The van der Waals surface area contributed by atoms with Gasteiger partial charge in [-0.1, -0.05) is 11.6 Å². The lowest BCUT2D eigenvalue weighted by Gasteiger charge is -2.16. The summed E-state index contributed by atoms with van der Waals surface area (Å²) >= 11 is 6.07. The molecular weight excluding hydrogens is 491 g/mol. The summed E-state index contributed by atoms with van der Waals surface area (Å²) in [6.45, 7) is 3.59. The molecule has 0 saturated heterocycles. The number of aromatic nitrogens is 1. The third-order valence-corrected chi connectivity index (χ3v) is 4.50. The topological polar surface area (TPSA) is 113 Å². The van der Waals surface area contributed by atoms with E-state index in [0.717, 1.165) is 23.4 Å². The smallest absolute Gasteiger partial charge is 0.493 e. The van der Waals surface area contributed by atoms with Crippen LogP contribution in [0.15, 0.2) is 48.7 Å². The summed E-state index contributed by atoms with van der Waals surface area (Å²) in [6, 6.07) is 9.48. The molecule has 12 heteroatoms. The van der Waals surface area contributed by atoms with Crippen LogP contribution in [0.5, 0.6) is 23.0 Å². The minimum Gasteiger partial charge on any atom is -0.493 e. The number of primary amides is 1. The number of nitrogens with zero attached hydrogens (tertiary/aromatic N) is 1. The van der Waals surface area contributed by atoms with Gasteiger partial charge in [0.05, 0.1) is 12.7 Å². The number of halogens is 4. The minimum atomic E-state index is -4.85.